The molecule has 4 heteroatoms. The molecule has 0 aliphatic carbocycles. The summed E-state index contributed by atoms with van der Waals surface area (Å²) in [7, 11) is 0. The highest BCUT2D eigenvalue weighted by Gasteiger charge is 2.18. The molecule has 1 aromatic rings. The molecule has 96 valence electrons. The van der Waals surface area contributed by atoms with Crippen molar-refractivity contribution in [1.29, 1.82) is 0 Å². The quantitative estimate of drug-likeness (QED) is 0.813. The lowest BCUT2D eigenvalue weighted by atomic mass is 10.2. The van der Waals surface area contributed by atoms with E-state index in [1.165, 1.54) is 29.9 Å². The molecular formula is C13H24N4. The smallest absolute Gasteiger partial charge is 0.0810 e. The third-order valence-corrected chi connectivity index (χ3v) is 3.75. The van der Waals surface area contributed by atoms with E-state index in [1.807, 2.05) is 0 Å². The molecule has 0 radical (unpaired) electrons. The third kappa shape index (κ3) is 2.69. The van der Waals surface area contributed by atoms with Gasteiger partial charge in [-0.05, 0) is 33.0 Å². The summed E-state index contributed by atoms with van der Waals surface area (Å²) in [6, 6.07) is 0. The molecule has 0 atom stereocenters. The maximum atomic E-state index is 4.67. The second kappa shape index (κ2) is 5.65. The highest BCUT2D eigenvalue weighted by atomic mass is 15.3. The summed E-state index contributed by atoms with van der Waals surface area (Å²) in [5.74, 6) is 0. The van der Waals surface area contributed by atoms with E-state index in [0.29, 0.717) is 0 Å². The fourth-order valence-electron chi connectivity index (χ4n) is 2.53. The predicted octanol–water partition coefficient (Wildman–Crippen LogP) is 1.53. The van der Waals surface area contributed by atoms with Gasteiger partial charge in [-0.15, -0.1) is 0 Å². The lowest BCUT2D eigenvalue weighted by molar-refractivity contribution is 0.290. The Balaban J connectivity index is 1.87. The maximum absolute atomic E-state index is 4.67. The van der Waals surface area contributed by atoms with Gasteiger partial charge in [0, 0.05) is 30.9 Å². The molecule has 0 amide bonds. The Morgan fingerprint density at radius 3 is 2.71 bits per heavy atom. The van der Waals surface area contributed by atoms with Crippen molar-refractivity contribution >= 4 is 0 Å². The molecule has 1 aliphatic heterocycles. The van der Waals surface area contributed by atoms with Gasteiger partial charge in [0.15, 0.2) is 0 Å². The molecule has 0 unspecified atom stereocenters. The van der Waals surface area contributed by atoms with Gasteiger partial charge in [0.2, 0.25) is 0 Å². The van der Waals surface area contributed by atoms with Crippen LogP contribution in [0.25, 0.3) is 0 Å². The number of fused-ring (bicyclic) bond motifs is 1. The van der Waals surface area contributed by atoms with Crippen molar-refractivity contribution in [3.63, 3.8) is 0 Å². The molecule has 0 fully saturated rings. The van der Waals surface area contributed by atoms with E-state index < -0.39 is 0 Å². The molecule has 0 spiro atoms. The van der Waals surface area contributed by atoms with E-state index >= 15 is 0 Å². The molecular weight excluding hydrogens is 212 g/mol. The summed E-state index contributed by atoms with van der Waals surface area (Å²) < 4.78 is 2.19. The van der Waals surface area contributed by atoms with Gasteiger partial charge >= 0.3 is 0 Å². The van der Waals surface area contributed by atoms with Gasteiger partial charge in [0.25, 0.3) is 0 Å². The number of aryl methyl sites for hydroxylation is 1. The molecule has 2 rings (SSSR count). The first-order valence-electron chi connectivity index (χ1n) is 6.74. The summed E-state index contributed by atoms with van der Waals surface area (Å²) in [4.78, 5) is 2.47. The lowest BCUT2D eigenvalue weighted by Crippen LogP contribution is -2.25. The van der Waals surface area contributed by atoms with Gasteiger partial charge < -0.3 is 10.2 Å². The highest BCUT2D eigenvalue weighted by Crippen LogP contribution is 2.18. The molecule has 0 saturated carbocycles. The van der Waals surface area contributed by atoms with Gasteiger partial charge in [0.1, 0.15) is 0 Å². The zero-order valence-corrected chi connectivity index (χ0v) is 11.3. The summed E-state index contributed by atoms with van der Waals surface area (Å²) in [5.41, 5.74) is 4.03. The lowest BCUT2D eigenvalue weighted by Gasteiger charge is -2.17. The van der Waals surface area contributed by atoms with Gasteiger partial charge in [0.05, 0.1) is 5.69 Å². The van der Waals surface area contributed by atoms with E-state index in [4.69, 9.17) is 0 Å². The fourth-order valence-corrected chi connectivity index (χ4v) is 2.53. The van der Waals surface area contributed by atoms with Crippen LogP contribution in [0.4, 0.5) is 0 Å². The van der Waals surface area contributed by atoms with Crippen LogP contribution in [0.15, 0.2) is 0 Å². The Morgan fingerprint density at radius 2 is 2.06 bits per heavy atom. The maximum Gasteiger partial charge on any atom is 0.0810 e. The van der Waals surface area contributed by atoms with Crippen LogP contribution >= 0.6 is 0 Å². The largest absolute Gasteiger partial charge is 0.307 e. The Bertz CT molecular complexity index is 366. The third-order valence-electron chi connectivity index (χ3n) is 3.75. The zero-order valence-electron chi connectivity index (χ0n) is 11.3. The second-order valence-corrected chi connectivity index (χ2v) is 4.72. The van der Waals surface area contributed by atoms with Crippen LogP contribution < -0.4 is 5.32 Å². The SMILES string of the molecule is CCN(CC)CCCn1nc2c(c1C)CNC2. The van der Waals surface area contributed by atoms with E-state index in [0.717, 1.165) is 32.7 Å². The Morgan fingerprint density at radius 1 is 1.29 bits per heavy atom. The van der Waals surface area contributed by atoms with Gasteiger partial charge in [-0.2, -0.15) is 5.10 Å². The van der Waals surface area contributed by atoms with Crippen molar-refractivity contribution in [3.8, 4) is 0 Å². The summed E-state index contributed by atoms with van der Waals surface area (Å²) in [5, 5.41) is 8.02. The number of aromatic nitrogens is 2. The predicted molar refractivity (Wildman–Crippen MR) is 69.9 cm³/mol. The van der Waals surface area contributed by atoms with E-state index in [-0.39, 0.29) is 0 Å². The number of nitrogens with zero attached hydrogens (tertiary/aromatic N) is 3. The van der Waals surface area contributed by atoms with Crippen LogP contribution in [0, 0.1) is 6.92 Å². The minimum Gasteiger partial charge on any atom is -0.307 e. The average molecular weight is 236 g/mol. The summed E-state index contributed by atoms with van der Waals surface area (Å²) in [6.07, 6.45) is 1.19. The van der Waals surface area contributed by atoms with E-state index in [1.54, 1.807) is 0 Å². The van der Waals surface area contributed by atoms with Crippen LogP contribution in [-0.4, -0.2) is 34.3 Å². The van der Waals surface area contributed by atoms with Crippen molar-refractivity contribution in [2.24, 2.45) is 0 Å². The monoisotopic (exact) mass is 236 g/mol. The molecule has 0 bridgehead atoms. The fraction of sp³-hybridized carbons (Fsp3) is 0.769. The van der Waals surface area contributed by atoms with E-state index in [2.05, 4.69) is 40.8 Å². The van der Waals surface area contributed by atoms with Crippen molar-refractivity contribution in [2.45, 2.75) is 46.8 Å². The van der Waals surface area contributed by atoms with Crippen molar-refractivity contribution in [2.75, 3.05) is 19.6 Å². The second-order valence-electron chi connectivity index (χ2n) is 4.72. The molecule has 1 aromatic heterocycles. The van der Waals surface area contributed by atoms with Gasteiger partial charge in [-0.1, -0.05) is 13.8 Å². The highest BCUT2D eigenvalue weighted by molar-refractivity contribution is 5.28. The van der Waals surface area contributed by atoms with Crippen LogP contribution in [0.5, 0.6) is 0 Å². The number of hydrogen-bond acceptors (Lipinski definition) is 3. The standard InChI is InChI=1S/C13H24N4/c1-4-16(5-2)7-6-8-17-11(3)12-9-14-10-13(12)15-17/h14H,4-10H2,1-3H3. The van der Waals surface area contributed by atoms with Crippen molar-refractivity contribution < 1.29 is 0 Å². The van der Waals surface area contributed by atoms with Crippen LogP contribution in [0.2, 0.25) is 0 Å². The number of rotatable bonds is 6. The van der Waals surface area contributed by atoms with Crippen LogP contribution in [0.1, 0.15) is 37.2 Å². The van der Waals surface area contributed by atoms with Crippen molar-refractivity contribution in [3.05, 3.63) is 17.0 Å². The van der Waals surface area contributed by atoms with Crippen molar-refractivity contribution in [1.82, 2.24) is 20.0 Å². The molecule has 0 saturated heterocycles. The summed E-state index contributed by atoms with van der Waals surface area (Å²) in [6.45, 7) is 13.1. The van der Waals surface area contributed by atoms with Gasteiger partial charge in [-0.25, -0.2) is 0 Å². The molecule has 0 aromatic carbocycles. The van der Waals surface area contributed by atoms with Gasteiger partial charge in [-0.3, -0.25) is 4.68 Å². The molecule has 1 aliphatic rings. The van der Waals surface area contributed by atoms with Crippen LogP contribution in [0.3, 0.4) is 0 Å². The first-order chi connectivity index (χ1) is 8.26. The molecule has 1 N–H and O–H groups in total. The summed E-state index contributed by atoms with van der Waals surface area (Å²) >= 11 is 0. The molecule has 4 nitrogen and oxygen atoms in total. The Kier molecular flexibility index (Phi) is 4.18. The number of nitrogens with one attached hydrogen (secondary N) is 1. The minimum absolute atomic E-state index is 0.944. The van der Waals surface area contributed by atoms with Crippen LogP contribution in [-0.2, 0) is 19.6 Å². The normalized spacial score (nSPS) is 14.6. The van der Waals surface area contributed by atoms with E-state index in [9.17, 15) is 0 Å². The minimum atomic E-state index is 0.944. The zero-order chi connectivity index (χ0) is 12.3. The Hall–Kier alpha value is -0.870. The first-order valence-corrected chi connectivity index (χ1v) is 6.74. The number of hydrogen-bond donors (Lipinski definition) is 1. The topological polar surface area (TPSA) is 33.1 Å². The first kappa shape index (κ1) is 12.6. The Labute approximate surface area is 104 Å². The molecule has 2 heterocycles. The average Bonchev–Trinajstić information content (AvgIpc) is 2.89. The molecule has 17 heavy (non-hydrogen) atoms.